The first-order valence-electron chi connectivity index (χ1n) is 12.0. The normalized spacial score (nSPS) is 18.5. The van der Waals surface area contributed by atoms with Crippen molar-refractivity contribution in [1.29, 1.82) is 0 Å². The van der Waals surface area contributed by atoms with E-state index in [1.165, 1.54) is 23.0 Å². The molecular formula is C28H30N4O2S. The summed E-state index contributed by atoms with van der Waals surface area (Å²) in [6, 6.07) is 18.9. The quantitative estimate of drug-likeness (QED) is 0.492. The van der Waals surface area contributed by atoms with Gasteiger partial charge in [-0.15, -0.1) is 0 Å². The molecule has 2 saturated heterocycles. The topological polar surface area (TPSA) is 58.9 Å². The maximum absolute atomic E-state index is 12.6. The van der Waals surface area contributed by atoms with Crippen LogP contribution in [0.25, 0.3) is 11.8 Å². The summed E-state index contributed by atoms with van der Waals surface area (Å²) in [4.78, 5) is 20.2. The second-order valence-corrected chi connectivity index (χ2v) is 9.81. The molecule has 0 bridgehead atoms. The second-order valence-electron chi connectivity index (χ2n) is 8.78. The van der Waals surface area contributed by atoms with Gasteiger partial charge in [0.1, 0.15) is 0 Å². The van der Waals surface area contributed by atoms with E-state index in [1.54, 1.807) is 0 Å². The molecule has 35 heavy (non-hydrogen) atoms. The van der Waals surface area contributed by atoms with E-state index in [2.05, 4.69) is 83.0 Å². The third-order valence-electron chi connectivity index (χ3n) is 6.47. The number of ether oxygens (including phenoxy) is 1. The van der Waals surface area contributed by atoms with Gasteiger partial charge in [-0.3, -0.25) is 4.79 Å². The van der Waals surface area contributed by atoms with Crippen LogP contribution in [0.3, 0.4) is 0 Å². The van der Waals surface area contributed by atoms with E-state index >= 15 is 0 Å². The Morgan fingerprint density at radius 3 is 2.40 bits per heavy atom. The lowest BCUT2D eigenvalue weighted by Crippen LogP contribution is -2.36. The van der Waals surface area contributed by atoms with Crippen LogP contribution in [0.4, 0.5) is 11.4 Å². The maximum Gasteiger partial charge on any atom is 0.264 e. The number of carbonyl (C=O) groups excluding carboxylic acids is 1. The van der Waals surface area contributed by atoms with Gasteiger partial charge in [-0.1, -0.05) is 19.1 Å². The summed E-state index contributed by atoms with van der Waals surface area (Å²) >= 11 is 1.38. The lowest BCUT2D eigenvalue weighted by atomic mass is 10.2. The molecule has 2 aromatic carbocycles. The SMILES string of the molecule is CCc1ccc(N=C2NC(=O)/C(=C/c3cc(C)n(-c4ccc(N5CCOCC5)cc4)c3C)S2)cc1. The van der Waals surface area contributed by atoms with Crippen LogP contribution in [0.2, 0.25) is 0 Å². The Morgan fingerprint density at radius 2 is 1.71 bits per heavy atom. The number of thioether (sulfide) groups is 1. The fourth-order valence-electron chi connectivity index (χ4n) is 4.51. The number of amides is 1. The van der Waals surface area contributed by atoms with Crippen LogP contribution < -0.4 is 10.2 Å². The zero-order valence-electron chi connectivity index (χ0n) is 20.4. The van der Waals surface area contributed by atoms with Gasteiger partial charge in [-0.2, -0.15) is 0 Å². The molecule has 0 aliphatic carbocycles. The van der Waals surface area contributed by atoms with E-state index in [0.717, 1.165) is 61.1 Å². The molecule has 7 heteroatoms. The van der Waals surface area contributed by atoms with Gasteiger partial charge in [0, 0.05) is 35.9 Å². The Labute approximate surface area is 210 Å². The first-order chi connectivity index (χ1) is 17.0. The van der Waals surface area contributed by atoms with Crippen molar-refractivity contribution >= 4 is 40.3 Å². The number of carbonyl (C=O) groups is 1. The Hall–Kier alpha value is -3.29. The molecule has 3 heterocycles. The fraction of sp³-hybridized carbons (Fsp3) is 0.286. The molecule has 0 radical (unpaired) electrons. The zero-order valence-corrected chi connectivity index (χ0v) is 21.2. The van der Waals surface area contributed by atoms with E-state index in [-0.39, 0.29) is 5.91 Å². The lowest BCUT2D eigenvalue weighted by molar-refractivity contribution is -0.115. The van der Waals surface area contributed by atoms with Crippen molar-refractivity contribution in [2.24, 2.45) is 4.99 Å². The smallest absolute Gasteiger partial charge is 0.264 e. The van der Waals surface area contributed by atoms with Crippen LogP contribution in [0.15, 0.2) is 64.5 Å². The molecule has 1 aromatic heterocycles. The van der Waals surface area contributed by atoms with Crippen molar-refractivity contribution in [3.8, 4) is 5.69 Å². The van der Waals surface area contributed by atoms with Crippen LogP contribution in [-0.4, -0.2) is 41.9 Å². The van der Waals surface area contributed by atoms with E-state index in [0.29, 0.717) is 10.1 Å². The molecule has 3 aromatic rings. The number of aliphatic imine (C=N–C) groups is 1. The predicted molar refractivity (Wildman–Crippen MR) is 145 cm³/mol. The molecule has 2 aliphatic heterocycles. The maximum atomic E-state index is 12.6. The van der Waals surface area contributed by atoms with Crippen LogP contribution in [0.1, 0.15) is 29.4 Å². The number of anilines is 1. The minimum absolute atomic E-state index is 0.112. The third kappa shape index (κ3) is 5.06. The highest BCUT2D eigenvalue weighted by atomic mass is 32.2. The number of nitrogens with one attached hydrogen (secondary N) is 1. The Bertz CT molecular complexity index is 1280. The van der Waals surface area contributed by atoms with Gasteiger partial charge in [0.15, 0.2) is 5.17 Å². The standard InChI is InChI=1S/C28H30N4O2S/c1-4-21-5-7-23(8-6-21)29-28-30-27(33)26(35-28)18-22-17-19(2)32(20(22)3)25-11-9-24(10-12-25)31-13-15-34-16-14-31/h5-12,17-18H,4,13-16H2,1-3H3,(H,29,30,33)/b26-18-. The van der Waals surface area contributed by atoms with E-state index in [4.69, 9.17) is 4.74 Å². The van der Waals surface area contributed by atoms with Crippen LogP contribution >= 0.6 is 11.8 Å². The summed E-state index contributed by atoms with van der Waals surface area (Å²) in [6.45, 7) is 9.72. The molecule has 2 fully saturated rings. The number of aromatic nitrogens is 1. The lowest BCUT2D eigenvalue weighted by Gasteiger charge is -2.29. The van der Waals surface area contributed by atoms with E-state index < -0.39 is 0 Å². The van der Waals surface area contributed by atoms with E-state index in [1.807, 2.05) is 18.2 Å². The van der Waals surface area contributed by atoms with Gasteiger partial charge >= 0.3 is 0 Å². The summed E-state index contributed by atoms with van der Waals surface area (Å²) in [5.41, 5.74) is 7.70. The summed E-state index contributed by atoms with van der Waals surface area (Å²) in [5.74, 6) is -0.112. The molecule has 0 unspecified atom stereocenters. The van der Waals surface area contributed by atoms with Crippen LogP contribution in [0.5, 0.6) is 0 Å². The van der Waals surface area contributed by atoms with Gasteiger partial charge in [0.2, 0.25) is 0 Å². The number of nitrogens with zero attached hydrogens (tertiary/aromatic N) is 3. The van der Waals surface area contributed by atoms with Gasteiger partial charge in [-0.25, -0.2) is 4.99 Å². The Balaban J connectivity index is 1.36. The highest BCUT2D eigenvalue weighted by molar-refractivity contribution is 8.18. The predicted octanol–water partition coefficient (Wildman–Crippen LogP) is 5.38. The number of amidine groups is 1. The molecule has 0 spiro atoms. The molecule has 5 rings (SSSR count). The van der Waals surface area contributed by atoms with Crippen LogP contribution in [-0.2, 0) is 16.0 Å². The van der Waals surface area contributed by atoms with Gasteiger partial charge < -0.3 is 19.5 Å². The van der Waals surface area contributed by atoms with Crippen molar-refractivity contribution in [2.45, 2.75) is 27.2 Å². The Kier molecular flexibility index (Phi) is 6.79. The average molecular weight is 487 g/mol. The monoisotopic (exact) mass is 486 g/mol. The number of hydrogen-bond donors (Lipinski definition) is 1. The average Bonchev–Trinajstić information content (AvgIpc) is 3.37. The molecule has 0 atom stereocenters. The highest BCUT2D eigenvalue weighted by Crippen LogP contribution is 2.31. The third-order valence-corrected chi connectivity index (χ3v) is 7.38. The number of aryl methyl sites for hydroxylation is 2. The number of benzene rings is 2. The van der Waals surface area contributed by atoms with Crippen molar-refractivity contribution < 1.29 is 9.53 Å². The van der Waals surface area contributed by atoms with Gasteiger partial charge in [0.05, 0.1) is 23.8 Å². The summed E-state index contributed by atoms with van der Waals surface area (Å²) in [7, 11) is 0. The van der Waals surface area contributed by atoms with Crippen molar-refractivity contribution in [1.82, 2.24) is 9.88 Å². The number of hydrogen-bond acceptors (Lipinski definition) is 5. The summed E-state index contributed by atoms with van der Waals surface area (Å²) < 4.78 is 7.70. The molecule has 1 N–H and O–H groups in total. The minimum Gasteiger partial charge on any atom is -0.378 e. The minimum atomic E-state index is -0.112. The first-order valence-corrected chi connectivity index (χ1v) is 12.8. The molecule has 1 amide bonds. The van der Waals surface area contributed by atoms with E-state index in [9.17, 15) is 4.79 Å². The van der Waals surface area contributed by atoms with Gasteiger partial charge in [-0.05, 0) is 91.7 Å². The largest absolute Gasteiger partial charge is 0.378 e. The molecule has 0 saturated carbocycles. The number of rotatable bonds is 5. The highest BCUT2D eigenvalue weighted by Gasteiger charge is 2.24. The molecule has 2 aliphatic rings. The summed E-state index contributed by atoms with van der Waals surface area (Å²) in [5, 5.41) is 3.51. The molecular weight excluding hydrogens is 456 g/mol. The summed E-state index contributed by atoms with van der Waals surface area (Å²) in [6.07, 6.45) is 2.95. The number of morpholine rings is 1. The van der Waals surface area contributed by atoms with Crippen LogP contribution in [0, 0.1) is 13.8 Å². The molecule has 6 nitrogen and oxygen atoms in total. The fourth-order valence-corrected chi connectivity index (χ4v) is 5.34. The first kappa shape index (κ1) is 23.5. The zero-order chi connectivity index (χ0) is 24.4. The van der Waals surface area contributed by atoms with Gasteiger partial charge in [0.25, 0.3) is 5.91 Å². The second kappa shape index (κ2) is 10.1. The van der Waals surface area contributed by atoms with Crippen molar-refractivity contribution in [2.75, 3.05) is 31.2 Å². The Morgan fingerprint density at radius 1 is 1.03 bits per heavy atom. The molecule has 180 valence electrons. The van der Waals surface area contributed by atoms with Crippen molar-refractivity contribution in [3.05, 3.63) is 82.0 Å². The van der Waals surface area contributed by atoms with Crippen molar-refractivity contribution in [3.63, 3.8) is 0 Å².